The first-order chi connectivity index (χ1) is 14.7. The number of hydrogen-bond donors (Lipinski definition) is 1. The summed E-state index contributed by atoms with van der Waals surface area (Å²) in [6, 6.07) is 3.69. The number of rotatable bonds is 5. The normalized spacial score (nSPS) is 15.2. The zero-order chi connectivity index (χ0) is 20.5. The van der Waals surface area contributed by atoms with E-state index in [1.807, 2.05) is 6.07 Å². The van der Waals surface area contributed by atoms with E-state index in [2.05, 4.69) is 37.3 Å². The molecule has 3 aromatic rings. The molecule has 0 radical (unpaired) electrons. The van der Waals surface area contributed by atoms with Crippen LogP contribution in [0.1, 0.15) is 52.7 Å². The zero-order valence-electron chi connectivity index (χ0n) is 16.4. The van der Waals surface area contributed by atoms with Crippen molar-refractivity contribution in [2.45, 2.75) is 31.6 Å². The molecule has 7 nitrogen and oxygen atoms in total. The minimum absolute atomic E-state index is 0.280. The summed E-state index contributed by atoms with van der Waals surface area (Å²) in [7, 11) is 1.60. The summed E-state index contributed by atoms with van der Waals surface area (Å²) in [4.78, 5) is 21.8. The molecule has 0 atom stereocenters. The van der Waals surface area contributed by atoms with Crippen LogP contribution >= 0.6 is 11.3 Å². The second kappa shape index (κ2) is 7.84. The maximum atomic E-state index is 13.0. The van der Waals surface area contributed by atoms with Gasteiger partial charge in [0.05, 0.1) is 18.9 Å². The molecule has 0 spiro atoms. The lowest BCUT2D eigenvalue weighted by Gasteiger charge is -2.13. The maximum absolute atomic E-state index is 13.0. The topological polar surface area (TPSA) is 89.9 Å². The van der Waals surface area contributed by atoms with Crippen molar-refractivity contribution >= 4 is 22.4 Å². The standard InChI is InChI=1S/C22H19N5O2S/c1-29-19-12-24-18(14-5-6-14)10-16(19)17-11-23-9-8-15(17)21(28)25-22-27-26-20(30-22)7-4-13-2-3-13/h8-14H,2-3,5-6H2,1H3,(H,25,27,28). The molecule has 0 aromatic carbocycles. The van der Waals surface area contributed by atoms with Crippen LogP contribution in [0, 0.1) is 17.8 Å². The highest BCUT2D eigenvalue weighted by Crippen LogP contribution is 2.42. The molecule has 8 heteroatoms. The molecule has 2 aliphatic carbocycles. The number of nitrogens with one attached hydrogen (secondary N) is 1. The molecule has 5 rings (SSSR count). The van der Waals surface area contributed by atoms with Gasteiger partial charge in [0.1, 0.15) is 5.75 Å². The number of nitrogens with zero attached hydrogens (tertiary/aromatic N) is 4. The summed E-state index contributed by atoms with van der Waals surface area (Å²) >= 11 is 1.27. The van der Waals surface area contributed by atoms with E-state index in [-0.39, 0.29) is 5.91 Å². The minimum Gasteiger partial charge on any atom is -0.494 e. The first kappa shape index (κ1) is 18.7. The average Bonchev–Trinajstić information content (AvgIpc) is 3.71. The number of amides is 1. The van der Waals surface area contributed by atoms with Crippen LogP contribution in [0.15, 0.2) is 30.7 Å². The fourth-order valence-electron chi connectivity index (χ4n) is 3.12. The number of hydrogen-bond acceptors (Lipinski definition) is 7. The summed E-state index contributed by atoms with van der Waals surface area (Å²) in [5.74, 6) is 7.48. The third kappa shape index (κ3) is 4.02. The van der Waals surface area contributed by atoms with E-state index in [1.165, 1.54) is 11.3 Å². The fourth-order valence-corrected chi connectivity index (χ4v) is 3.72. The summed E-state index contributed by atoms with van der Waals surface area (Å²) in [5.41, 5.74) is 3.00. The Morgan fingerprint density at radius 3 is 2.83 bits per heavy atom. The van der Waals surface area contributed by atoms with E-state index in [0.29, 0.717) is 38.9 Å². The Labute approximate surface area is 177 Å². The highest BCUT2D eigenvalue weighted by molar-refractivity contribution is 7.15. The Morgan fingerprint density at radius 2 is 2.07 bits per heavy atom. The Hall–Kier alpha value is -3.31. The number of pyridine rings is 2. The lowest BCUT2D eigenvalue weighted by molar-refractivity contribution is 0.102. The first-order valence-electron chi connectivity index (χ1n) is 9.86. The van der Waals surface area contributed by atoms with Crippen molar-refractivity contribution in [2.75, 3.05) is 12.4 Å². The predicted molar refractivity (Wildman–Crippen MR) is 113 cm³/mol. The maximum Gasteiger partial charge on any atom is 0.258 e. The van der Waals surface area contributed by atoms with Gasteiger partial charge in [0.2, 0.25) is 5.13 Å². The predicted octanol–water partition coefficient (Wildman–Crippen LogP) is 3.89. The van der Waals surface area contributed by atoms with Crippen molar-refractivity contribution in [3.05, 3.63) is 47.0 Å². The number of ether oxygens (including phenoxy) is 1. The van der Waals surface area contributed by atoms with E-state index in [4.69, 9.17) is 4.74 Å². The molecule has 150 valence electrons. The molecule has 2 aliphatic rings. The van der Waals surface area contributed by atoms with Crippen molar-refractivity contribution < 1.29 is 9.53 Å². The van der Waals surface area contributed by atoms with Crippen molar-refractivity contribution in [1.82, 2.24) is 20.2 Å². The fraction of sp³-hybridized carbons (Fsp3) is 0.318. The second-order valence-corrected chi connectivity index (χ2v) is 8.39. The van der Waals surface area contributed by atoms with E-state index >= 15 is 0 Å². The van der Waals surface area contributed by atoms with Gasteiger partial charge in [0.15, 0.2) is 5.01 Å². The van der Waals surface area contributed by atoms with Gasteiger partial charge in [-0.1, -0.05) is 17.3 Å². The van der Waals surface area contributed by atoms with E-state index in [9.17, 15) is 4.79 Å². The third-order valence-electron chi connectivity index (χ3n) is 5.07. The number of methoxy groups -OCH3 is 1. The lowest BCUT2D eigenvalue weighted by Crippen LogP contribution is -2.13. The average molecular weight is 417 g/mol. The van der Waals surface area contributed by atoms with Crippen LogP contribution in [0.5, 0.6) is 5.75 Å². The highest BCUT2D eigenvalue weighted by Gasteiger charge is 2.27. The Bertz CT molecular complexity index is 1170. The summed E-state index contributed by atoms with van der Waals surface area (Å²) in [6.07, 6.45) is 9.58. The smallest absolute Gasteiger partial charge is 0.258 e. The molecule has 0 aliphatic heterocycles. The molecule has 3 aromatic heterocycles. The minimum atomic E-state index is -0.280. The Morgan fingerprint density at radius 1 is 1.20 bits per heavy atom. The van der Waals surface area contributed by atoms with E-state index in [1.54, 1.807) is 31.8 Å². The molecule has 1 amide bonds. The lowest BCUT2D eigenvalue weighted by atomic mass is 10.00. The first-order valence-corrected chi connectivity index (χ1v) is 10.7. The van der Waals surface area contributed by atoms with Crippen molar-refractivity contribution in [1.29, 1.82) is 0 Å². The number of aromatic nitrogens is 4. The van der Waals surface area contributed by atoms with Crippen LogP contribution in [0.2, 0.25) is 0 Å². The molecule has 3 heterocycles. The van der Waals surface area contributed by atoms with Crippen molar-refractivity contribution in [3.63, 3.8) is 0 Å². The molecule has 30 heavy (non-hydrogen) atoms. The van der Waals surface area contributed by atoms with Gasteiger partial charge < -0.3 is 4.74 Å². The zero-order valence-corrected chi connectivity index (χ0v) is 17.2. The van der Waals surface area contributed by atoms with Gasteiger partial charge in [-0.05, 0) is 43.7 Å². The Kier molecular flexibility index (Phi) is 4.89. The number of carbonyl (C=O) groups excluding carboxylic acids is 1. The summed E-state index contributed by atoms with van der Waals surface area (Å²) in [5, 5.41) is 12.0. The van der Waals surface area contributed by atoms with Gasteiger partial charge in [0, 0.05) is 41.1 Å². The number of anilines is 1. The summed E-state index contributed by atoms with van der Waals surface area (Å²) in [6.45, 7) is 0. The van der Waals surface area contributed by atoms with Gasteiger partial charge in [0.25, 0.3) is 5.91 Å². The van der Waals surface area contributed by atoms with Gasteiger partial charge in [-0.25, -0.2) is 0 Å². The third-order valence-corrected chi connectivity index (χ3v) is 5.82. The molecular formula is C22H19N5O2S. The van der Waals surface area contributed by atoms with Crippen molar-refractivity contribution in [3.8, 4) is 28.7 Å². The monoisotopic (exact) mass is 417 g/mol. The van der Waals surface area contributed by atoms with Crippen molar-refractivity contribution in [2.24, 2.45) is 5.92 Å². The molecular weight excluding hydrogens is 398 g/mol. The second-order valence-electron chi connectivity index (χ2n) is 7.42. The van der Waals surface area contributed by atoms with Gasteiger partial charge in [-0.3, -0.25) is 20.1 Å². The van der Waals surface area contributed by atoms with Gasteiger partial charge in [-0.2, -0.15) is 0 Å². The molecule has 0 bridgehead atoms. The molecule has 0 saturated heterocycles. The van der Waals surface area contributed by atoms with Crippen LogP contribution in [0.25, 0.3) is 11.1 Å². The van der Waals surface area contributed by atoms with Crippen LogP contribution < -0.4 is 10.1 Å². The molecule has 0 unspecified atom stereocenters. The van der Waals surface area contributed by atoms with E-state index < -0.39 is 0 Å². The van der Waals surface area contributed by atoms with E-state index in [0.717, 1.165) is 36.9 Å². The number of carbonyl (C=O) groups is 1. The van der Waals surface area contributed by atoms with Crippen LogP contribution in [0.4, 0.5) is 5.13 Å². The van der Waals surface area contributed by atoms with Crippen LogP contribution in [0.3, 0.4) is 0 Å². The van der Waals surface area contributed by atoms with Crippen LogP contribution in [-0.4, -0.2) is 33.2 Å². The Balaban J connectivity index is 1.43. The molecule has 1 N–H and O–H groups in total. The van der Waals surface area contributed by atoms with Crippen LogP contribution in [-0.2, 0) is 0 Å². The van der Waals surface area contributed by atoms with Gasteiger partial charge >= 0.3 is 0 Å². The molecule has 2 saturated carbocycles. The molecule has 2 fully saturated rings. The summed E-state index contributed by atoms with van der Waals surface area (Å²) < 4.78 is 5.51. The van der Waals surface area contributed by atoms with Gasteiger partial charge in [-0.15, -0.1) is 10.2 Å². The quantitative estimate of drug-likeness (QED) is 0.634. The largest absolute Gasteiger partial charge is 0.494 e. The SMILES string of the molecule is COc1cnc(C2CC2)cc1-c1cnccc1C(=O)Nc1nnc(C#CC2CC2)s1. The highest BCUT2D eigenvalue weighted by atomic mass is 32.1.